The molecule has 0 saturated carbocycles. The van der Waals surface area contributed by atoms with Gasteiger partial charge in [0, 0.05) is 5.70 Å². The SMILES string of the molecule is C/C(N)=C/S(N)(=O)=O. The highest BCUT2D eigenvalue weighted by molar-refractivity contribution is 7.92. The van der Waals surface area contributed by atoms with E-state index >= 15 is 0 Å². The number of rotatable bonds is 1. The van der Waals surface area contributed by atoms with Crippen molar-refractivity contribution in [3.63, 3.8) is 0 Å². The van der Waals surface area contributed by atoms with Crippen molar-refractivity contribution in [2.45, 2.75) is 6.92 Å². The van der Waals surface area contributed by atoms with Gasteiger partial charge < -0.3 is 5.73 Å². The van der Waals surface area contributed by atoms with E-state index in [-0.39, 0.29) is 5.70 Å². The first-order valence-corrected chi connectivity index (χ1v) is 3.49. The lowest BCUT2D eigenvalue weighted by molar-refractivity contribution is 0.606. The van der Waals surface area contributed by atoms with Gasteiger partial charge in [-0.15, -0.1) is 0 Å². The molecule has 4 nitrogen and oxygen atoms in total. The highest BCUT2D eigenvalue weighted by Crippen LogP contribution is 1.83. The minimum atomic E-state index is -3.51. The van der Waals surface area contributed by atoms with Crippen LogP contribution in [0.1, 0.15) is 6.92 Å². The minimum absolute atomic E-state index is 0.188. The van der Waals surface area contributed by atoms with Crippen LogP contribution in [0.25, 0.3) is 0 Å². The van der Waals surface area contributed by atoms with E-state index in [4.69, 9.17) is 5.73 Å². The zero-order valence-electron chi connectivity index (χ0n) is 4.46. The summed E-state index contributed by atoms with van der Waals surface area (Å²) in [5, 5.41) is 5.35. The summed E-state index contributed by atoms with van der Waals surface area (Å²) in [6.45, 7) is 1.45. The molecule has 0 spiro atoms. The molecular weight excluding hydrogens is 128 g/mol. The molecule has 5 heteroatoms. The van der Waals surface area contributed by atoms with E-state index in [1.54, 1.807) is 0 Å². The van der Waals surface area contributed by atoms with Gasteiger partial charge in [0.15, 0.2) is 0 Å². The van der Waals surface area contributed by atoms with Crippen LogP contribution in [0.4, 0.5) is 0 Å². The lowest BCUT2D eigenvalue weighted by atomic mass is 10.6. The largest absolute Gasteiger partial charge is 0.402 e. The summed E-state index contributed by atoms with van der Waals surface area (Å²) in [7, 11) is -3.51. The third-order valence-electron chi connectivity index (χ3n) is 0.350. The number of sulfonamides is 1. The fourth-order valence-corrected chi connectivity index (χ4v) is 0.777. The fraction of sp³-hybridized carbons (Fsp3) is 0.333. The van der Waals surface area contributed by atoms with Crippen LogP contribution in [0.5, 0.6) is 0 Å². The molecule has 0 amide bonds. The van der Waals surface area contributed by atoms with E-state index in [1.165, 1.54) is 6.92 Å². The molecule has 4 N–H and O–H groups in total. The van der Waals surface area contributed by atoms with Crippen LogP contribution < -0.4 is 10.9 Å². The van der Waals surface area contributed by atoms with Crippen molar-refractivity contribution < 1.29 is 8.42 Å². The van der Waals surface area contributed by atoms with Crippen LogP contribution in [0.3, 0.4) is 0 Å². The van der Waals surface area contributed by atoms with Gasteiger partial charge in [-0.1, -0.05) is 0 Å². The maximum atomic E-state index is 10.1. The zero-order valence-corrected chi connectivity index (χ0v) is 5.27. The normalized spacial score (nSPS) is 14.0. The molecule has 8 heavy (non-hydrogen) atoms. The molecule has 0 rings (SSSR count). The van der Waals surface area contributed by atoms with E-state index in [0.717, 1.165) is 5.41 Å². The lowest BCUT2D eigenvalue weighted by Gasteiger charge is -1.86. The molecule has 0 fully saturated rings. The molecule has 0 aromatic carbocycles. The Bertz CT molecular complexity index is 187. The molecule has 0 aromatic rings. The number of allylic oxidation sites excluding steroid dienone is 1. The van der Waals surface area contributed by atoms with E-state index in [1.807, 2.05) is 0 Å². The van der Waals surface area contributed by atoms with Crippen LogP contribution in [-0.2, 0) is 10.0 Å². The standard InChI is InChI=1S/C3H8N2O2S/c1-3(4)2-8(5,6)7/h2H,4H2,1H3,(H2,5,6,7)/b3-2-. The molecule has 0 unspecified atom stereocenters. The van der Waals surface area contributed by atoms with Crippen molar-refractivity contribution in [3.8, 4) is 0 Å². The summed E-state index contributed by atoms with van der Waals surface area (Å²) in [4.78, 5) is 0. The quantitative estimate of drug-likeness (QED) is 0.489. The van der Waals surface area contributed by atoms with Crippen molar-refractivity contribution in [1.29, 1.82) is 0 Å². The van der Waals surface area contributed by atoms with Crippen LogP contribution in [-0.4, -0.2) is 8.42 Å². The van der Waals surface area contributed by atoms with Crippen molar-refractivity contribution in [2.24, 2.45) is 10.9 Å². The average molecular weight is 136 g/mol. The minimum Gasteiger partial charge on any atom is -0.402 e. The summed E-state index contributed by atoms with van der Waals surface area (Å²) >= 11 is 0. The van der Waals surface area contributed by atoms with Crippen molar-refractivity contribution in [1.82, 2.24) is 0 Å². The smallest absolute Gasteiger partial charge is 0.232 e. The molecule has 0 bridgehead atoms. The average Bonchev–Trinajstić information content (AvgIpc) is 1.21. The van der Waals surface area contributed by atoms with Gasteiger partial charge in [0.05, 0.1) is 5.41 Å². The Morgan fingerprint density at radius 2 is 2.00 bits per heavy atom. The van der Waals surface area contributed by atoms with Crippen LogP contribution in [0, 0.1) is 0 Å². The topological polar surface area (TPSA) is 86.2 Å². The van der Waals surface area contributed by atoms with Crippen molar-refractivity contribution >= 4 is 10.0 Å². The van der Waals surface area contributed by atoms with E-state index in [2.05, 4.69) is 5.14 Å². The Balaban J connectivity index is 4.36. The first-order valence-electron chi connectivity index (χ1n) is 1.88. The second-order valence-electron chi connectivity index (χ2n) is 1.45. The van der Waals surface area contributed by atoms with Crippen LogP contribution in [0.15, 0.2) is 11.1 Å². The van der Waals surface area contributed by atoms with Crippen LogP contribution >= 0.6 is 0 Å². The third-order valence-corrected chi connectivity index (χ3v) is 1.05. The molecule has 0 saturated heterocycles. The molecular formula is C3H8N2O2S. The lowest BCUT2D eigenvalue weighted by Crippen LogP contribution is -2.09. The second kappa shape index (κ2) is 2.15. The Kier molecular flexibility index (Phi) is 2.00. The van der Waals surface area contributed by atoms with Gasteiger partial charge in [0.1, 0.15) is 0 Å². The summed E-state index contributed by atoms with van der Waals surface area (Å²) in [5.41, 5.74) is 5.17. The Hall–Kier alpha value is -0.550. The highest BCUT2D eigenvalue weighted by Gasteiger charge is 1.92. The molecule has 0 heterocycles. The van der Waals surface area contributed by atoms with Gasteiger partial charge in [-0.3, -0.25) is 0 Å². The first-order chi connectivity index (χ1) is 3.42. The van der Waals surface area contributed by atoms with E-state index < -0.39 is 10.0 Å². The van der Waals surface area contributed by atoms with Gasteiger partial charge in [-0.05, 0) is 6.92 Å². The van der Waals surface area contributed by atoms with Crippen LogP contribution in [0.2, 0.25) is 0 Å². The summed E-state index contributed by atoms with van der Waals surface area (Å²) in [6, 6.07) is 0. The Labute approximate surface area is 48.2 Å². The zero-order chi connectivity index (χ0) is 6.78. The molecule has 0 atom stereocenters. The summed E-state index contributed by atoms with van der Waals surface area (Å²) < 4.78 is 20.1. The van der Waals surface area contributed by atoms with Gasteiger partial charge in [0.2, 0.25) is 10.0 Å². The monoisotopic (exact) mass is 136 g/mol. The highest BCUT2D eigenvalue weighted by atomic mass is 32.2. The maximum Gasteiger partial charge on any atom is 0.232 e. The molecule has 0 radical (unpaired) electrons. The van der Waals surface area contributed by atoms with Gasteiger partial charge in [-0.25, -0.2) is 13.6 Å². The molecule has 48 valence electrons. The fourth-order valence-electron chi connectivity index (χ4n) is 0.259. The predicted molar refractivity (Wildman–Crippen MR) is 31.1 cm³/mol. The summed E-state index contributed by atoms with van der Waals surface area (Å²) in [6.07, 6.45) is 0. The maximum absolute atomic E-state index is 10.1. The number of nitrogens with two attached hydrogens (primary N) is 2. The van der Waals surface area contributed by atoms with E-state index in [9.17, 15) is 8.42 Å². The van der Waals surface area contributed by atoms with E-state index in [0.29, 0.717) is 0 Å². The van der Waals surface area contributed by atoms with Crippen molar-refractivity contribution in [3.05, 3.63) is 11.1 Å². The molecule has 0 aliphatic heterocycles. The van der Waals surface area contributed by atoms with Crippen molar-refractivity contribution in [2.75, 3.05) is 0 Å². The molecule has 0 aliphatic carbocycles. The van der Waals surface area contributed by atoms with Gasteiger partial charge >= 0.3 is 0 Å². The van der Waals surface area contributed by atoms with Gasteiger partial charge in [-0.2, -0.15) is 0 Å². The molecule has 0 aromatic heterocycles. The van der Waals surface area contributed by atoms with Gasteiger partial charge in [0.25, 0.3) is 0 Å². The number of hydrogen-bond acceptors (Lipinski definition) is 3. The first kappa shape index (κ1) is 7.45. The Morgan fingerprint density at radius 3 is 2.00 bits per heavy atom. The third kappa shape index (κ3) is 5.45. The second-order valence-corrected chi connectivity index (χ2v) is 2.86. The number of primary sulfonamides is 1. The Morgan fingerprint density at radius 1 is 1.62 bits per heavy atom. The molecule has 0 aliphatic rings. The predicted octanol–water partition coefficient (Wildman–Crippen LogP) is -0.905. The number of hydrogen-bond donors (Lipinski definition) is 2. The summed E-state index contributed by atoms with van der Waals surface area (Å²) in [5.74, 6) is 0.